The van der Waals surface area contributed by atoms with Crippen LogP contribution >= 0.6 is 0 Å². The summed E-state index contributed by atoms with van der Waals surface area (Å²) in [6.07, 6.45) is 1.77. The molecule has 1 aromatic carbocycles. The van der Waals surface area contributed by atoms with Gasteiger partial charge in [-0.2, -0.15) is 0 Å². The first-order valence-electron chi connectivity index (χ1n) is 6.91. The third kappa shape index (κ3) is 6.73. The van der Waals surface area contributed by atoms with Gasteiger partial charge in [0.25, 0.3) is 0 Å². The smallest absolute Gasteiger partial charge is 0.154 e. The number of hydrogen-bond acceptors (Lipinski definition) is 3. The van der Waals surface area contributed by atoms with Crippen LogP contribution in [0.5, 0.6) is 0 Å². The minimum absolute atomic E-state index is 0.156. The SMILES string of the molecule is CCCNCCCS(=O)(=O)Cc1cc(C)cc(C)c1. The van der Waals surface area contributed by atoms with E-state index in [9.17, 15) is 8.42 Å². The maximum absolute atomic E-state index is 12.0. The Kier molecular flexibility index (Phi) is 6.52. The van der Waals surface area contributed by atoms with Gasteiger partial charge >= 0.3 is 0 Å². The van der Waals surface area contributed by atoms with Gasteiger partial charge in [0.1, 0.15) is 0 Å². The lowest BCUT2D eigenvalue weighted by Gasteiger charge is -2.07. The molecule has 0 heterocycles. The first-order valence-corrected chi connectivity index (χ1v) is 8.73. The average Bonchev–Trinajstić information content (AvgIpc) is 2.26. The summed E-state index contributed by atoms with van der Waals surface area (Å²) in [4.78, 5) is 0. The second-order valence-electron chi connectivity index (χ2n) is 5.19. The van der Waals surface area contributed by atoms with Crippen molar-refractivity contribution in [1.29, 1.82) is 0 Å². The largest absolute Gasteiger partial charge is 0.317 e. The Morgan fingerprint density at radius 2 is 1.68 bits per heavy atom. The van der Waals surface area contributed by atoms with E-state index in [4.69, 9.17) is 0 Å². The molecular formula is C15H25NO2S. The number of sulfone groups is 1. The Balaban J connectivity index is 2.49. The van der Waals surface area contributed by atoms with Gasteiger partial charge < -0.3 is 5.32 Å². The van der Waals surface area contributed by atoms with Crippen molar-refractivity contribution in [2.24, 2.45) is 0 Å². The number of rotatable bonds is 8. The molecule has 0 atom stereocenters. The van der Waals surface area contributed by atoms with E-state index in [2.05, 4.69) is 18.3 Å². The first kappa shape index (κ1) is 16.2. The Morgan fingerprint density at radius 3 is 2.26 bits per heavy atom. The highest BCUT2D eigenvalue weighted by molar-refractivity contribution is 7.90. The lowest BCUT2D eigenvalue weighted by atomic mass is 10.1. The van der Waals surface area contributed by atoms with E-state index in [1.165, 1.54) is 0 Å². The Labute approximate surface area is 117 Å². The van der Waals surface area contributed by atoms with Crippen molar-refractivity contribution in [3.63, 3.8) is 0 Å². The number of aryl methyl sites for hydroxylation is 2. The normalized spacial score (nSPS) is 11.7. The van der Waals surface area contributed by atoms with Gasteiger partial charge in [0.15, 0.2) is 9.84 Å². The standard InChI is InChI=1S/C15H25NO2S/c1-4-6-16-7-5-8-19(17,18)12-15-10-13(2)9-14(3)11-15/h9-11,16H,4-8,12H2,1-3H3. The fourth-order valence-electron chi connectivity index (χ4n) is 2.20. The average molecular weight is 283 g/mol. The van der Waals surface area contributed by atoms with Gasteiger partial charge in [-0.3, -0.25) is 0 Å². The van der Waals surface area contributed by atoms with E-state index in [0.29, 0.717) is 6.42 Å². The van der Waals surface area contributed by atoms with Crippen molar-refractivity contribution in [2.75, 3.05) is 18.8 Å². The van der Waals surface area contributed by atoms with Crippen LogP contribution in [0.4, 0.5) is 0 Å². The van der Waals surface area contributed by atoms with Gasteiger partial charge in [0.2, 0.25) is 0 Å². The molecule has 0 spiro atoms. The van der Waals surface area contributed by atoms with E-state index in [-0.39, 0.29) is 11.5 Å². The minimum atomic E-state index is -3.00. The quantitative estimate of drug-likeness (QED) is 0.746. The second-order valence-corrected chi connectivity index (χ2v) is 7.38. The van der Waals surface area contributed by atoms with Crippen LogP contribution in [0.1, 0.15) is 36.5 Å². The van der Waals surface area contributed by atoms with E-state index >= 15 is 0 Å². The predicted molar refractivity (Wildman–Crippen MR) is 81.2 cm³/mol. The van der Waals surface area contributed by atoms with Gasteiger partial charge in [-0.25, -0.2) is 8.42 Å². The van der Waals surface area contributed by atoms with Crippen LogP contribution < -0.4 is 5.32 Å². The highest BCUT2D eigenvalue weighted by Gasteiger charge is 2.12. The van der Waals surface area contributed by atoms with Gasteiger partial charge in [0.05, 0.1) is 11.5 Å². The number of hydrogen-bond donors (Lipinski definition) is 1. The maximum Gasteiger partial charge on any atom is 0.154 e. The molecule has 0 unspecified atom stereocenters. The monoisotopic (exact) mass is 283 g/mol. The molecule has 0 aliphatic rings. The summed E-state index contributed by atoms with van der Waals surface area (Å²) < 4.78 is 24.1. The minimum Gasteiger partial charge on any atom is -0.317 e. The highest BCUT2D eigenvalue weighted by Crippen LogP contribution is 2.12. The van der Waals surface area contributed by atoms with E-state index in [1.807, 2.05) is 26.0 Å². The third-order valence-electron chi connectivity index (χ3n) is 2.90. The molecule has 1 rings (SSSR count). The molecule has 0 aromatic heterocycles. The molecule has 0 radical (unpaired) electrons. The van der Waals surface area contributed by atoms with E-state index in [0.717, 1.165) is 36.2 Å². The van der Waals surface area contributed by atoms with Crippen molar-refractivity contribution in [3.05, 3.63) is 34.9 Å². The summed E-state index contributed by atoms with van der Waals surface area (Å²) >= 11 is 0. The Hall–Kier alpha value is -0.870. The summed E-state index contributed by atoms with van der Waals surface area (Å²) in [6.45, 7) is 7.83. The zero-order chi connectivity index (χ0) is 14.3. The van der Waals surface area contributed by atoms with Crippen LogP contribution in [0.3, 0.4) is 0 Å². The predicted octanol–water partition coefficient (Wildman–Crippen LogP) is 2.61. The Morgan fingerprint density at radius 1 is 1.05 bits per heavy atom. The van der Waals surface area contributed by atoms with Gasteiger partial charge in [-0.05, 0) is 45.3 Å². The lowest BCUT2D eigenvalue weighted by Crippen LogP contribution is -2.19. The molecule has 3 nitrogen and oxygen atoms in total. The van der Waals surface area contributed by atoms with Crippen LogP contribution in [0.2, 0.25) is 0 Å². The highest BCUT2D eigenvalue weighted by atomic mass is 32.2. The molecule has 0 saturated heterocycles. The number of nitrogens with one attached hydrogen (secondary N) is 1. The summed E-state index contributed by atoms with van der Waals surface area (Å²) in [5.41, 5.74) is 3.14. The molecule has 0 amide bonds. The molecule has 1 aromatic rings. The topological polar surface area (TPSA) is 46.2 Å². The molecule has 0 fully saturated rings. The summed E-state index contributed by atoms with van der Waals surface area (Å²) in [5, 5.41) is 3.23. The van der Waals surface area contributed by atoms with Crippen molar-refractivity contribution < 1.29 is 8.42 Å². The molecule has 0 bridgehead atoms. The molecule has 0 saturated carbocycles. The summed E-state index contributed by atoms with van der Waals surface area (Å²) in [6, 6.07) is 5.98. The molecule has 19 heavy (non-hydrogen) atoms. The third-order valence-corrected chi connectivity index (χ3v) is 4.59. The molecule has 4 heteroatoms. The zero-order valence-electron chi connectivity index (χ0n) is 12.2. The van der Waals surface area contributed by atoms with Crippen molar-refractivity contribution >= 4 is 9.84 Å². The van der Waals surface area contributed by atoms with Gasteiger partial charge in [-0.15, -0.1) is 0 Å². The molecule has 0 aliphatic heterocycles. The molecule has 108 valence electrons. The van der Waals surface area contributed by atoms with Crippen LogP contribution in [-0.4, -0.2) is 27.3 Å². The summed E-state index contributed by atoms with van der Waals surface area (Å²) in [5.74, 6) is 0.417. The van der Waals surface area contributed by atoms with Crippen LogP contribution in [0.15, 0.2) is 18.2 Å². The zero-order valence-corrected chi connectivity index (χ0v) is 13.0. The van der Waals surface area contributed by atoms with Crippen LogP contribution in [0, 0.1) is 13.8 Å². The van der Waals surface area contributed by atoms with Gasteiger partial charge in [-0.1, -0.05) is 36.2 Å². The fraction of sp³-hybridized carbons (Fsp3) is 0.600. The van der Waals surface area contributed by atoms with Crippen LogP contribution in [-0.2, 0) is 15.6 Å². The second kappa shape index (κ2) is 7.65. The maximum atomic E-state index is 12.0. The Bertz CT molecular complexity index is 475. The molecule has 1 N–H and O–H groups in total. The molecular weight excluding hydrogens is 258 g/mol. The lowest BCUT2D eigenvalue weighted by molar-refractivity contribution is 0.587. The van der Waals surface area contributed by atoms with E-state index in [1.54, 1.807) is 0 Å². The van der Waals surface area contributed by atoms with Crippen molar-refractivity contribution in [1.82, 2.24) is 5.32 Å². The number of benzene rings is 1. The van der Waals surface area contributed by atoms with Crippen molar-refractivity contribution in [3.8, 4) is 0 Å². The summed E-state index contributed by atoms with van der Waals surface area (Å²) in [7, 11) is -3.00. The van der Waals surface area contributed by atoms with Crippen LogP contribution in [0.25, 0.3) is 0 Å². The first-order chi connectivity index (χ1) is 8.93. The fourth-order valence-corrected chi connectivity index (χ4v) is 3.60. The van der Waals surface area contributed by atoms with E-state index < -0.39 is 9.84 Å². The van der Waals surface area contributed by atoms with Crippen molar-refractivity contribution in [2.45, 2.75) is 39.4 Å². The van der Waals surface area contributed by atoms with Gasteiger partial charge in [0, 0.05) is 0 Å². The molecule has 0 aliphatic carbocycles.